The predicted octanol–water partition coefficient (Wildman–Crippen LogP) is 0.921. The van der Waals surface area contributed by atoms with Crippen molar-refractivity contribution in [3.63, 3.8) is 0 Å². The van der Waals surface area contributed by atoms with Crippen molar-refractivity contribution in [1.29, 1.82) is 0 Å². The molecule has 0 radical (unpaired) electrons. The van der Waals surface area contributed by atoms with Crippen LogP contribution >= 0.6 is 0 Å². The van der Waals surface area contributed by atoms with Crippen molar-refractivity contribution in [2.24, 2.45) is 0 Å². The van der Waals surface area contributed by atoms with Crippen molar-refractivity contribution in [2.75, 3.05) is 33.4 Å². The van der Waals surface area contributed by atoms with E-state index >= 15 is 0 Å². The van der Waals surface area contributed by atoms with Crippen molar-refractivity contribution < 1.29 is 19.1 Å². The van der Waals surface area contributed by atoms with Crippen LogP contribution in [0.1, 0.15) is 34.7 Å². The summed E-state index contributed by atoms with van der Waals surface area (Å²) >= 11 is 0. The van der Waals surface area contributed by atoms with Crippen molar-refractivity contribution in [3.05, 3.63) is 23.2 Å². The highest BCUT2D eigenvalue weighted by molar-refractivity contribution is 5.90. The quantitative estimate of drug-likeness (QED) is 0.729. The third-order valence-corrected chi connectivity index (χ3v) is 3.81. The smallest absolute Gasteiger partial charge is 0.341 e. The molecule has 2 rings (SSSR count). The number of aliphatic hydroxyl groups excluding tert-OH is 1. The molecule has 1 aliphatic rings. The average Bonchev–Trinajstić information content (AvgIpc) is 3.08. The third kappa shape index (κ3) is 4.30. The van der Waals surface area contributed by atoms with Gasteiger partial charge in [0.2, 0.25) is 0 Å². The highest BCUT2D eigenvalue weighted by Gasteiger charge is 2.20. The van der Waals surface area contributed by atoms with Gasteiger partial charge < -0.3 is 19.6 Å². The number of furan rings is 1. The number of rotatable bonds is 7. The van der Waals surface area contributed by atoms with E-state index in [-0.39, 0.29) is 12.6 Å². The number of carbonyl (C=O) groups is 1. The molecule has 1 atom stereocenters. The lowest BCUT2D eigenvalue weighted by molar-refractivity contribution is 0.0599. The number of hydrogen-bond acceptors (Lipinski definition) is 6. The summed E-state index contributed by atoms with van der Waals surface area (Å²) in [5.41, 5.74) is 0.468. The Kier molecular flexibility index (Phi) is 5.78. The standard InChI is InChI=1S/C15H24N2O4/c1-11-14(15(19)20-2)8-13(21-11)10-17(6-7-18)9-12-4-3-5-16-12/h8,12,16,18H,3-7,9-10H2,1-2H3. The van der Waals surface area contributed by atoms with Crippen LogP contribution in [0.3, 0.4) is 0 Å². The van der Waals surface area contributed by atoms with Gasteiger partial charge in [-0.1, -0.05) is 0 Å². The number of hydrogen-bond donors (Lipinski definition) is 2. The Hall–Kier alpha value is -1.37. The molecule has 0 saturated carbocycles. The van der Waals surface area contributed by atoms with Crippen molar-refractivity contribution >= 4 is 5.97 Å². The maximum absolute atomic E-state index is 11.6. The van der Waals surface area contributed by atoms with Crippen molar-refractivity contribution in [2.45, 2.75) is 32.4 Å². The summed E-state index contributed by atoms with van der Waals surface area (Å²) in [5.74, 6) is 0.910. The molecule has 1 fully saturated rings. The fourth-order valence-corrected chi connectivity index (χ4v) is 2.76. The van der Waals surface area contributed by atoms with E-state index in [1.165, 1.54) is 13.5 Å². The topological polar surface area (TPSA) is 74.9 Å². The molecule has 1 saturated heterocycles. The lowest BCUT2D eigenvalue weighted by atomic mass is 10.2. The molecule has 1 aromatic heterocycles. The molecule has 2 N–H and O–H groups in total. The zero-order chi connectivity index (χ0) is 15.2. The summed E-state index contributed by atoms with van der Waals surface area (Å²) in [6.07, 6.45) is 2.36. The summed E-state index contributed by atoms with van der Waals surface area (Å²) in [7, 11) is 1.36. The van der Waals surface area contributed by atoms with Crippen LogP contribution in [-0.4, -0.2) is 55.4 Å². The molecule has 6 heteroatoms. The highest BCUT2D eigenvalue weighted by Crippen LogP contribution is 2.18. The molecule has 0 aromatic carbocycles. The van der Waals surface area contributed by atoms with Crippen LogP contribution in [0.2, 0.25) is 0 Å². The number of aliphatic hydroxyl groups is 1. The molecule has 118 valence electrons. The van der Waals surface area contributed by atoms with E-state index in [1.807, 2.05) is 0 Å². The number of nitrogens with one attached hydrogen (secondary N) is 1. The van der Waals surface area contributed by atoms with Gasteiger partial charge in [-0.2, -0.15) is 0 Å². The normalized spacial score (nSPS) is 18.4. The summed E-state index contributed by atoms with van der Waals surface area (Å²) in [4.78, 5) is 13.7. The number of ether oxygens (including phenoxy) is 1. The van der Waals surface area contributed by atoms with Crippen LogP contribution in [0, 0.1) is 6.92 Å². The summed E-state index contributed by atoms with van der Waals surface area (Å²) < 4.78 is 10.4. The first-order valence-corrected chi connectivity index (χ1v) is 7.38. The molecule has 1 aromatic rings. The Morgan fingerprint density at radius 3 is 3.05 bits per heavy atom. The van der Waals surface area contributed by atoms with E-state index < -0.39 is 0 Å². The highest BCUT2D eigenvalue weighted by atomic mass is 16.5. The number of nitrogens with zero attached hydrogens (tertiary/aromatic N) is 1. The van der Waals surface area contributed by atoms with Crippen LogP contribution in [-0.2, 0) is 11.3 Å². The van der Waals surface area contributed by atoms with Crippen LogP contribution in [0.25, 0.3) is 0 Å². The molecule has 0 aliphatic carbocycles. The first-order chi connectivity index (χ1) is 10.1. The summed E-state index contributed by atoms with van der Waals surface area (Å²) in [6.45, 7) is 4.96. The van der Waals surface area contributed by atoms with E-state index in [2.05, 4.69) is 10.2 Å². The minimum atomic E-state index is -0.381. The first kappa shape index (κ1) is 16.0. The Morgan fingerprint density at radius 2 is 2.43 bits per heavy atom. The van der Waals surface area contributed by atoms with Gasteiger partial charge in [0.1, 0.15) is 17.1 Å². The van der Waals surface area contributed by atoms with Gasteiger partial charge in [-0.25, -0.2) is 4.79 Å². The van der Waals surface area contributed by atoms with Crippen LogP contribution in [0.5, 0.6) is 0 Å². The lowest BCUT2D eigenvalue weighted by Gasteiger charge is -2.23. The van der Waals surface area contributed by atoms with Gasteiger partial charge in [0.15, 0.2) is 0 Å². The first-order valence-electron chi connectivity index (χ1n) is 7.38. The molecule has 21 heavy (non-hydrogen) atoms. The molecular formula is C15H24N2O4. The molecule has 0 spiro atoms. The number of methoxy groups -OCH3 is 1. The van der Waals surface area contributed by atoms with Crippen molar-refractivity contribution in [1.82, 2.24) is 10.2 Å². The van der Waals surface area contributed by atoms with E-state index in [0.29, 0.717) is 30.5 Å². The summed E-state index contributed by atoms with van der Waals surface area (Å²) in [5, 5.41) is 12.7. The fraction of sp³-hybridized carbons (Fsp3) is 0.667. The Bertz CT molecular complexity index is 466. The van der Waals surface area contributed by atoms with Gasteiger partial charge in [0.25, 0.3) is 0 Å². The van der Waals surface area contributed by atoms with Gasteiger partial charge in [-0.3, -0.25) is 4.90 Å². The molecule has 6 nitrogen and oxygen atoms in total. The minimum Gasteiger partial charge on any atom is -0.465 e. The van der Waals surface area contributed by atoms with Gasteiger partial charge in [0, 0.05) is 19.1 Å². The third-order valence-electron chi connectivity index (χ3n) is 3.81. The second-order valence-electron chi connectivity index (χ2n) is 5.43. The molecule has 2 heterocycles. The van der Waals surface area contributed by atoms with Crippen molar-refractivity contribution in [3.8, 4) is 0 Å². The van der Waals surface area contributed by atoms with Gasteiger partial charge in [-0.15, -0.1) is 0 Å². The van der Waals surface area contributed by atoms with Gasteiger partial charge in [0.05, 0.1) is 20.3 Å². The van der Waals surface area contributed by atoms with Crippen LogP contribution in [0.15, 0.2) is 10.5 Å². The number of aryl methyl sites for hydroxylation is 1. The zero-order valence-electron chi connectivity index (χ0n) is 12.7. The monoisotopic (exact) mass is 296 g/mol. The molecule has 1 unspecified atom stereocenters. The molecule has 0 amide bonds. The average molecular weight is 296 g/mol. The number of esters is 1. The second kappa shape index (κ2) is 7.59. The van der Waals surface area contributed by atoms with E-state index in [9.17, 15) is 9.90 Å². The Balaban J connectivity index is 2.00. The van der Waals surface area contributed by atoms with Gasteiger partial charge >= 0.3 is 5.97 Å². The van der Waals surface area contributed by atoms with Crippen LogP contribution in [0.4, 0.5) is 0 Å². The molecule has 0 bridgehead atoms. The Labute approximate surface area is 125 Å². The van der Waals surface area contributed by atoms with E-state index in [4.69, 9.17) is 9.15 Å². The number of carbonyl (C=O) groups excluding carboxylic acids is 1. The lowest BCUT2D eigenvalue weighted by Crippen LogP contribution is -2.38. The zero-order valence-corrected chi connectivity index (χ0v) is 12.7. The largest absolute Gasteiger partial charge is 0.465 e. The predicted molar refractivity (Wildman–Crippen MR) is 78.2 cm³/mol. The minimum absolute atomic E-state index is 0.107. The Morgan fingerprint density at radius 1 is 1.62 bits per heavy atom. The maximum Gasteiger partial charge on any atom is 0.341 e. The molecular weight excluding hydrogens is 272 g/mol. The maximum atomic E-state index is 11.6. The summed E-state index contributed by atoms with van der Waals surface area (Å²) in [6, 6.07) is 2.20. The second-order valence-corrected chi connectivity index (χ2v) is 5.43. The SMILES string of the molecule is COC(=O)c1cc(CN(CCO)CC2CCCN2)oc1C. The van der Waals surface area contributed by atoms with E-state index in [0.717, 1.165) is 25.3 Å². The van der Waals surface area contributed by atoms with E-state index in [1.54, 1.807) is 13.0 Å². The molecule has 1 aliphatic heterocycles. The van der Waals surface area contributed by atoms with Gasteiger partial charge in [-0.05, 0) is 32.4 Å². The van der Waals surface area contributed by atoms with Crippen LogP contribution < -0.4 is 5.32 Å². The fourth-order valence-electron chi connectivity index (χ4n) is 2.76.